The first-order chi connectivity index (χ1) is 16.1. The van der Waals surface area contributed by atoms with E-state index in [1.807, 2.05) is 41.3 Å². The van der Waals surface area contributed by atoms with Gasteiger partial charge in [-0.1, -0.05) is 48.5 Å². The van der Waals surface area contributed by atoms with Gasteiger partial charge >= 0.3 is 0 Å². The van der Waals surface area contributed by atoms with E-state index in [1.165, 1.54) is 0 Å². The van der Waals surface area contributed by atoms with E-state index >= 15 is 0 Å². The molecule has 1 heterocycles. The maximum absolute atomic E-state index is 13.3. The summed E-state index contributed by atoms with van der Waals surface area (Å²) < 4.78 is 10.8. The molecule has 1 amide bonds. The van der Waals surface area contributed by atoms with Crippen LogP contribution in [-0.2, 0) is 6.54 Å². The molecule has 0 bridgehead atoms. The molecule has 0 aromatic heterocycles. The third-order valence-electron chi connectivity index (χ3n) is 5.98. The van der Waals surface area contributed by atoms with Crippen molar-refractivity contribution in [2.45, 2.75) is 6.54 Å². The number of methoxy groups -OCH3 is 2. The maximum atomic E-state index is 13.3. The molecule has 1 aliphatic heterocycles. The molecule has 3 aromatic rings. The molecule has 4 rings (SSSR count). The number of ketones is 1. The summed E-state index contributed by atoms with van der Waals surface area (Å²) in [5.74, 6) is 1.37. The Morgan fingerprint density at radius 1 is 0.788 bits per heavy atom. The van der Waals surface area contributed by atoms with Crippen molar-refractivity contribution in [2.24, 2.45) is 0 Å². The number of carbonyl (C=O) groups excluding carboxylic acids is 2. The van der Waals surface area contributed by atoms with E-state index in [0.29, 0.717) is 36.3 Å². The molecular weight excluding hydrogens is 416 g/mol. The second-order valence-electron chi connectivity index (χ2n) is 7.99. The number of benzene rings is 3. The van der Waals surface area contributed by atoms with E-state index in [0.717, 1.165) is 30.2 Å². The topological polar surface area (TPSA) is 59.1 Å². The van der Waals surface area contributed by atoms with Gasteiger partial charge in [0.05, 0.1) is 19.8 Å². The number of hydrogen-bond acceptors (Lipinski definition) is 5. The van der Waals surface area contributed by atoms with Crippen molar-refractivity contribution in [2.75, 3.05) is 40.4 Å². The fourth-order valence-electron chi connectivity index (χ4n) is 4.14. The predicted octanol–water partition coefficient (Wildman–Crippen LogP) is 3.89. The monoisotopic (exact) mass is 444 g/mol. The highest BCUT2D eigenvalue weighted by atomic mass is 16.5. The minimum Gasteiger partial charge on any atom is -0.497 e. The zero-order chi connectivity index (χ0) is 23.2. The zero-order valence-corrected chi connectivity index (χ0v) is 19.0. The van der Waals surface area contributed by atoms with Crippen molar-refractivity contribution < 1.29 is 19.1 Å². The van der Waals surface area contributed by atoms with E-state index in [-0.39, 0.29) is 11.7 Å². The van der Waals surface area contributed by atoms with Gasteiger partial charge in [-0.2, -0.15) is 0 Å². The summed E-state index contributed by atoms with van der Waals surface area (Å²) in [6.45, 7) is 3.38. The molecule has 0 atom stereocenters. The predicted molar refractivity (Wildman–Crippen MR) is 127 cm³/mol. The lowest BCUT2D eigenvalue weighted by Gasteiger charge is -2.35. The van der Waals surface area contributed by atoms with Gasteiger partial charge in [-0.15, -0.1) is 0 Å². The third-order valence-corrected chi connectivity index (χ3v) is 5.98. The number of carbonyl (C=O) groups is 2. The van der Waals surface area contributed by atoms with Crippen molar-refractivity contribution in [3.63, 3.8) is 0 Å². The summed E-state index contributed by atoms with van der Waals surface area (Å²) in [7, 11) is 3.31. The van der Waals surface area contributed by atoms with E-state index < -0.39 is 0 Å². The lowest BCUT2D eigenvalue weighted by molar-refractivity contribution is 0.0624. The van der Waals surface area contributed by atoms with Crippen LogP contribution in [0.2, 0.25) is 0 Å². The Morgan fingerprint density at radius 3 is 2.12 bits per heavy atom. The quantitative estimate of drug-likeness (QED) is 0.518. The Kier molecular flexibility index (Phi) is 7.05. The van der Waals surface area contributed by atoms with Gasteiger partial charge in [0.2, 0.25) is 0 Å². The van der Waals surface area contributed by atoms with Crippen LogP contribution in [-0.4, -0.2) is 61.9 Å². The molecule has 6 heteroatoms. The number of ether oxygens (including phenoxy) is 2. The first-order valence-electron chi connectivity index (χ1n) is 11.0. The lowest BCUT2D eigenvalue weighted by Crippen LogP contribution is -2.48. The Labute approximate surface area is 194 Å². The van der Waals surface area contributed by atoms with E-state index in [2.05, 4.69) is 4.90 Å². The van der Waals surface area contributed by atoms with Gasteiger partial charge in [0, 0.05) is 49.4 Å². The smallest absolute Gasteiger partial charge is 0.254 e. The minimum absolute atomic E-state index is 0.103. The van der Waals surface area contributed by atoms with E-state index in [9.17, 15) is 9.59 Å². The van der Waals surface area contributed by atoms with Crippen LogP contribution < -0.4 is 9.47 Å². The van der Waals surface area contributed by atoms with Crippen LogP contribution >= 0.6 is 0 Å². The van der Waals surface area contributed by atoms with Crippen LogP contribution in [0.3, 0.4) is 0 Å². The number of nitrogens with zero attached hydrogens (tertiary/aromatic N) is 2. The SMILES string of the molecule is COc1ccc(OC)c(CN2CCN(C(=O)c3ccccc3C(=O)c3ccccc3)CC2)c1. The van der Waals surface area contributed by atoms with Crippen molar-refractivity contribution in [3.8, 4) is 11.5 Å². The van der Waals surface area contributed by atoms with Gasteiger partial charge in [0.25, 0.3) is 5.91 Å². The van der Waals surface area contributed by atoms with E-state index in [4.69, 9.17) is 9.47 Å². The highest BCUT2D eigenvalue weighted by molar-refractivity contribution is 6.15. The average Bonchev–Trinajstić information content (AvgIpc) is 2.88. The summed E-state index contributed by atoms with van der Waals surface area (Å²) in [4.78, 5) is 30.5. The fraction of sp³-hybridized carbons (Fsp3) is 0.259. The summed E-state index contributed by atoms with van der Waals surface area (Å²) >= 11 is 0. The summed E-state index contributed by atoms with van der Waals surface area (Å²) in [5.41, 5.74) is 2.52. The normalized spacial score (nSPS) is 14.1. The molecule has 1 saturated heterocycles. The van der Waals surface area contributed by atoms with Crippen LogP contribution in [0.15, 0.2) is 72.8 Å². The number of piperazine rings is 1. The number of hydrogen-bond donors (Lipinski definition) is 0. The first kappa shape index (κ1) is 22.6. The van der Waals surface area contributed by atoms with Gasteiger partial charge in [0.1, 0.15) is 11.5 Å². The standard InChI is InChI=1S/C27H28N2O4/c1-32-22-12-13-25(33-2)21(18-22)19-28-14-16-29(17-15-28)27(31)24-11-7-6-10-23(24)26(30)20-8-4-3-5-9-20/h3-13,18H,14-17,19H2,1-2H3. The van der Waals surface area contributed by atoms with Crippen LogP contribution in [0.25, 0.3) is 0 Å². The zero-order valence-electron chi connectivity index (χ0n) is 19.0. The molecule has 0 unspecified atom stereocenters. The molecule has 0 spiro atoms. The number of amides is 1. The number of rotatable bonds is 7. The molecule has 0 radical (unpaired) electrons. The Balaban J connectivity index is 1.44. The highest BCUT2D eigenvalue weighted by Crippen LogP contribution is 2.26. The van der Waals surface area contributed by atoms with Crippen LogP contribution in [0.1, 0.15) is 31.8 Å². The summed E-state index contributed by atoms with van der Waals surface area (Å²) in [6.07, 6.45) is 0. The molecule has 0 saturated carbocycles. The molecule has 0 N–H and O–H groups in total. The van der Waals surface area contributed by atoms with Crippen molar-refractivity contribution >= 4 is 11.7 Å². The first-order valence-corrected chi connectivity index (χ1v) is 11.0. The van der Waals surface area contributed by atoms with Gasteiger partial charge in [-0.25, -0.2) is 0 Å². The maximum Gasteiger partial charge on any atom is 0.254 e. The van der Waals surface area contributed by atoms with Crippen LogP contribution in [0, 0.1) is 0 Å². The van der Waals surface area contributed by atoms with Crippen LogP contribution in [0.4, 0.5) is 0 Å². The lowest BCUT2D eigenvalue weighted by atomic mass is 9.97. The van der Waals surface area contributed by atoms with Crippen LogP contribution in [0.5, 0.6) is 11.5 Å². The van der Waals surface area contributed by atoms with Gasteiger partial charge in [-0.3, -0.25) is 14.5 Å². The van der Waals surface area contributed by atoms with Gasteiger partial charge in [0.15, 0.2) is 5.78 Å². The molecule has 1 fully saturated rings. The third kappa shape index (κ3) is 5.07. The second kappa shape index (κ2) is 10.3. The Hall–Kier alpha value is -3.64. The molecule has 0 aliphatic carbocycles. The minimum atomic E-state index is -0.136. The molecule has 1 aliphatic rings. The molecule has 3 aromatic carbocycles. The van der Waals surface area contributed by atoms with Gasteiger partial charge in [-0.05, 0) is 24.3 Å². The Morgan fingerprint density at radius 2 is 1.45 bits per heavy atom. The highest BCUT2D eigenvalue weighted by Gasteiger charge is 2.26. The average molecular weight is 445 g/mol. The summed E-state index contributed by atoms with van der Waals surface area (Å²) in [5, 5.41) is 0. The van der Waals surface area contributed by atoms with E-state index in [1.54, 1.807) is 50.6 Å². The van der Waals surface area contributed by atoms with Gasteiger partial charge < -0.3 is 14.4 Å². The Bertz CT molecular complexity index is 1120. The largest absolute Gasteiger partial charge is 0.497 e. The van der Waals surface area contributed by atoms with Crippen molar-refractivity contribution in [1.82, 2.24) is 9.80 Å². The molecule has 33 heavy (non-hydrogen) atoms. The fourth-order valence-corrected chi connectivity index (χ4v) is 4.14. The second-order valence-corrected chi connectivity index (χ2v) is 7.99. The molecule has 6 nitrogen and oxygen atoms in total. The summed E-state index contributed by atoms with van der Waals surface area (Å²) in [6, 6.07) is 21.9. The molecular formula is C27H28N2O4. The molecule has 170 valence electrons. The van der Waals surface area contributed by atoms with Crippen molar-refractivity contribution in [3.05, 3.63) is 95.1 Å². The van der Waals surface area contributed by atoms with Crippen molar-refractivity contribution in [1.29, 1.82) is 0 Å².